The summed E-state index contributed by atoms with van der Waals surface area (Å²) in [6.45, 7) is 12.6. The minimum atomic E-state index is -2.16. The third-order valence-electron chi connectivity index (χ3n) is 5.85. The highest BCUT2D eigenvalue weighted by atomic mass is 28.4. The summed E-state index contributed by atoms with van der Waals surface area (Å²) >= 11 is 0. The lowest BCUT2D eigenvalue weighted by Crippen LogP contribution is -2.52. The van der Waals surface area contributed by atoms with E-state index in [1.807, 2.05) is 0 Å². The van der Waals surface area contributed by atoms with Gasteiger partial charge in [0.25, 0.3) is 0 Å². The zero-order valence-corrected chi connectivity index (χ0v) is 18.8. The number of nitrogens with two attached hydrogens (primary N) is 2. The molecule has 5 N–H and O–H groups in total. The maximum absolute atomic E-state index is 11.4. The second-order valence-corrected chi connectivity index (χ2v) is 13.8. The number of rotatable bonds is 5. The molecular weight excluding hydrogens is 390 g/mol. The fraction of sp³-hybridized carbons (Fsp3) is 0.667. The van der Waals surface area contributed by atoms with Crippen molar-refractivity contribution >= 4 is 31.2 Å². The van der Waals surface area contributed by atoms with Crippen molar-refractivity contribution in [1.29, 1.82) is 0 Å². The van der Waals surface area contributed by atoms with Gasteiger partial charge in [-0.25, -0.2) is 15.0 Å². The molecule has 0 saturated carbocycles. The van der Waals surface area contributed by atoms with Crippen molar-refractivity contribution in [2.75, 3.05) is 12.3 Å². The molecule has 2 aromatic rings. The number of hydrogen-bond donors (Lipinski definition) is 3. The summed E-state index contributed by atoms with van der Waals surface area (Å²) < 4.78 is 14.7. The summed E-state index contributed by atoms with van der Waals surface area (Å²) in [5.74, 6) is 0.160. The van der Waals surface area contributed by atoms with E-state index in [4.69, 9.17) is 20.6 Å². The van der Waals surface area contributed by atoms with E-state index >= 15 is 0 Å². The molecule has 3 rings (SSSR count). The average Bonchev–Trinajstić information content (AvgIpc) is 3.15. The van der Waals surface area contributed by atoms with Crippen molar-refractivity contribution in [1.82, 2.24) is 24.8 Å². The second kappa shape index (κ2) is 7.63. The minimum absolute atomic E-state index is 0.00338. The highest BCUT2D eigenvalue weighted by molar-refractivity contribution is 6.74. The lowest BCUT2D eigenvalue weighted by molar-refractivity contribution is -0.119. The molecule has 11 heteroatoms. The van der Waals surface area contributed by atoms with Gasteiger partial charge in [-0.05, 0) is 18.1 Å². The SMILES string of the molecule is CC(=O)NC[C@H]1O[C@@H](n2cnc3c(N)ncnc32)[C@H](O[Si](C)(C)C(C)(C)C)[C@@H]1N. The average molecular weight is 422 g/mol. The standard InChI is InChI=1S/C18H31N7O3Si/c1-10(26)21-7-11-12(19)14(28-29(5,6)18(2,3)4)17(27-11)25-9-24-13-15(20)22-8-23-16(13)25/h8-9,11-12,14,17H,7,19H2,1-6H3,(H,21,26)(H2,20,22,23)/t11-,12-,14-,17-/m1/s1. The zero-order valence-electron chi connectivity index (χ0n) is 17.8. The van der Waals surface area contributed by atoms with Gasteiger partial charge in [-0.15, -0.1) is 0 Å². The number of carbonyl (C=O) groups is 1. The van der Waals surface area contributed by atoms with E-state index in [9.17, 15) is 4.79 Å². The van der Waals surface area contributed by atoms with Crippen molar-refractivity contribution in [3.8, 4) is 0 Å². The quantitative estimate of drug-likeness (QED) is 0.610. The van der Waals surface area contributed by atoms with Gasteiger partial charge in [0, 0.05) is 13.5 Å². The molecule has 2 aromatic heterocycles. The Morgan fingerprint density at radius 1 is 1.34 bits per heavy atom. The van der Waals surface area contributed by atoms with Crippen LogP contribution in [0.2, 0.25) is 18.1 Å². The molecular formula is C18H31N7O3Si. The van der Waals surface area contributed by atoms with Gasteiger partial charge in [-0.1, -0.05) is 20.8 Å². The Morgan fingerprint density at radius 3 is 2.66 bits per heavy atom. The van der Waals surface area contributed by atoms with Crippen molar-refractivity contribution in [2.24, 2.45) is 5.73 Å². The number of amides is 1. The summed E-state index contributed by atoms with van der Waals surface area (Å²) in [4.78, 5) is 24.1. The number of ether oxygens (including phenoxy) is 1. The normalized spacial score (nSPS) is 25.5. The van der Waals surface area contributed by atoms with Crippen LogP contribution in [0.15, 0.2) is 12.7 Å². The van der Waals surface area contributed by atoms with Gasteiger partial charge in [0.2, 0.25) is 5.91 Å². The first-order valence-electron chi connectivity index (χ1n) is 9.68. The van der Waals surface area contributed by atoms with Crippen molar-refractivity contribution in [2.45, 2.75) is 70.3 Å². The molecule has 3 heterocycles. The van der Waals surface area contributed by atoms with Crippen molar-refractivity contribution < 1.29 is 14.0 Å². The van der Waals surface area contributed by atoms with Crippen LogP contribution in [0.3, 0.4) is 0 Å². The zero-order chi connectivity index (χ0) is 21.6. The van der Waals surface area contributed by atoms with Crippen LogP contribution in [0.4, 0.5) is 5.82 Å². The van der Waals surface area contributed by atoms with Gasteiger partial charge >= 0.3 is 0 Å². The van der Waals surface area contributed by atoms with Gasteiger partial charge in [-0.2, -0.15) is 0 Å². The molecule has 0 spiro atoms. The third-order valence-corrected chi connectivity index (χ3v) is 10.3. The van der Waals surface area contributed by atoms with E-state index in [0.29, 0.717) is 23.5 Å². The second-order valence-electron chi connectivity index (χ2n) is 9.01. The lowest BCUT2D eigenvalue weighted by Gasteiger charge is -2.40. The number of imidazole rings is 1. The molecule has 0 unspecified atom stereocenters. The van der Waals surface area contributed by atoms with E-state index in [0.717, 1.165) is 0 Å². The number of anilines is 1. The molecule has 1 amide bonds. The third kappa shape index (κ3) is 4.13. The first-order valence-corrected chi connectivity index (χ1v) is 12.6. The molecule has 1 fully saturated rings. The Balaban J connectivity index is 1.98. The van der Waals surface area contributed by atoms with E-state index < -0.39 is 32.8 Å². The van der Waals surface area contributed by atoms with E-state index in [1.54, 1.807) is 10.9 Å². The molecule has 4 atom stereocenters. The monoisotopic (exact) mass is 421 g/mol. The van der Waals surface area contributed by atoms with Gasteiger partial charge in [-0.3, -0.25) is 9.36 Å². The summed E-state index contributed by atoms with van der Waals surface area (Å²) in [5, 5.41) is 2.78. The molecule has 29 heavy (non-hydrogen) atoms. The number of nitrogens with zero attached hydrogens (tertiary/aromatic N) is 4. The van der Waals surface area contributed by atoms with Crippen molar-refractivity contribution in [3.05, 3.63) is 12.7 Å². The number of carbonyl (C=O) groups excluding carboxylic acids is 1. The Labute approximate surface area is 171 Å². The van der Waals surface area contributed by atoms with Crippen LogP contribution < -0.4 is 16.8 Å². The van der Waals surface area contributed by atoms with Crippen LogP contribution in [0.25, 0.3) is 11.2 Å². The Hall–Kier alpha value is -2.08. The number of fused-ring (bicyclic) bond motifs is 1. The highest BCUT2D eigenvalue weighted by Gasteiger charge is 2.49. The molecule has 0 radical (unpaired) electrons. The maximum Gasteiger partial charge on any atom is 0.216 e. The fourth-order valence-corrected chi connectivity index (χ4v) is 4.42. The molecule has 0 aliphatic carbocycles. The number of nitrogens with one attached hydrogen (secondary N) is 1. The Bertz CT molecular complexity index is 895. The largest absolute Gasteiger partial charge is 0.408 e. The predicted molar refractivity (Wildman–Crippen MR) is 112 cm³/mol. The highest BCUT2D eigenvalue weighted by Crippen LogP contribution is 2.41. The fourth-order valence-electron chi connectivity index (χ4n) is 3.11. The number of aromatic nitrogens is 4. The van der Waals surface area contributed by atoms with Gasteiger partial charge in [0.1, 0.15) is 17.9 Å². The Kier molecular flexibility index (Phi) is 5.69. The number of hydrogen-bond acceptors (Lipinski definition) is 8. The molecule has 160 valence electrons. The van der Waals surface area contributed by atoms with Crippen molar-refractivity contribution in [3.63, 3.8) is 0 Å². The maximum atomic E-state index is 11.4. The molecule has 10 nitrogen and oxygen atoms in total. The molecule has 0 bridgehead atoms. The summed E-state index contributed by atoms with van der Waals surface area (Å²) in [5.41, 5.74) is 13.5. The van der Waals surface area contributed by atoms with Crippen LogP contribution in [-0.2, 0) is 14.0 Å². The van der Waals surface area contributed by atoms with Crippen LogP contribution >= 0.6 is 0 Å². The molecule has 0 aromatic carbocycles. The van der Waals surface area contributed by atoms with Crippen LogP contribution in [0.5, 0.6) is 0 Å². The predicted octanol–water partition coefficient (Wildman–Crippen LogP) is 1.16. The summed E-state index contributed by atoms with van der Waals surface area (Å²) in [7, 11) is -2.16. The summed E-state index contributed by atoms with van der Waals surface area (Å²) in [6.07, 6.45) is 1.63. The summed E-state index contributed by atoms with van der Waals surface area (Å²) in [6, 6.07) is -0.433. The topological polar surface area (TPSA) is 143 Å². The van der Waals surface area contributed by atoms with E-state index in [-0.39, 0.29) is 10.9 Å². The smallest absolute Gasteiger partial charge is 0.216 e. The number of nitrogen functional groups attached to an aromatic ring is 1. The molecule has 1 saturated heterocycles. The van der Waals surface area contributed by atoms with Gasteiger partial charge in [0.15, 0.2) is 26.0 Å². The van der Waals surface area contributed by atoms with Crippen LogP contribution in [-0.4, -0.2) is 58.5 Å². The molecule has 1 aliphatic heterocycles. The van der Waals surface area contributed by atoms with Crippen LogP contribution in [0, 0.1) is 0 Å². The first kappa shape index (κ1) is 21.6. The van der Waals surface area contributed by atoms with E-state index in [2.05, 4.69) is 54.1 Å². The van der Waals surface area contributed by atoms with Gasteiger partial charge in [0.05, 0.1) is 18.5 Å². The van der Waals surface area contributed by atoms with Gasteiger partial charge < -0.3 is 25.9 Å². The minimum Gasteiger partial charge on any atom is -0.408 e. The van der Waals surface area contributed by atoms with E-state index in [1.165, 1.54) is 13.3 Å². The first-order chi connectivity index (χ1) is 13.4. The lowest BCUT2D eigenvalue weighted by atomic mass is 10.1. The van der Waals surface area contributed by atoms with Crippen LogP contribution in [0.1, 0.15) is 33.9 Å². The molecule has 1 aliphatic rings. The Morgan fingerprint density at radius 2 is 2.03 bits per heavy atom.